The van der Waals surface area contributed by atoms with Crippen molar-refractivity contribution in [2.45, 2.75) is 18.1 Å². The molecule has 1 aromatic rings. The van der Waals surface area contributed by atoms with Crippen molar-refractivity contribution in [1.29, 1.82) is 0 Å². The lowest BCUT2D eigenvalue weighted by Gasteiger charge is -2.14. The minimum absolute atomic E-state index is 0.147. The minimum atomic E-state index is -4.76. The SMILES string of the molecule is COc1cc(OC(F)(F)F)ccc1C(Br)C(C)=O. The number of Topliss-reactive ketones (excluding diaryl/α,β-unsaturated/α-hetero) is 1. The number of hydrogen-bond donors (Lipinski definition) is 0. The zero-order valence-electron chi connectivity index (χ0n) is 9.55. The molecular formula is C11H10BrF3O3. The van der Waals surface area contributed by atoms with Gasteiger partial charge < -0.3 is 9.47 Å². The van der Waals surface area contributed by atoms with Gasteiger partial charge in [0.15, 0.2) is 0 Å². The van der Waals surface area contributed by atoms with E-state index in [1.807, 2.05) is 0 Å². The van der Waals surface area contributed by atoms with Crippen molar-refractivity contribution in [3.63, 3.8) is 0 Å². The van der Waals surface area contributed by atoms with Gasteiger partial charge in [0.1, 0.15) is 22.1 Å². The number of hydrogen-bond acceptors (Lipinski definition) is 3. The molecule has 7 heteroatoms. The second-order valence-corrected chi connectivity index (χ2v) is 4.34. The third kappa shape index (κ3) is 3.90. The van der Waals surface area contributed by atoms with Crippen molar-refractivity contribution >= 4 is 21.7 Å². The van der Waals surface area contributed by atoms with Gasteiger partial charge in [-0.3, -0.25) is 4.79 Å². The van der Waals surface area contributed by atoms with Gasteiger partial charge in [0.2, 0.25) is 0 Å². The first kappa shape index (κ1) is 14.8. The highest BCUT2D eigenvalue weighted by atomic mass is 79.9. The number of benzene rings is 1. The number of ether oxygens (including phenoxy) is 2. The van der Waals surface area contributed by atoms with Gasteiger partial charge in [-0.2, -0.15) is 0 Å². The highest BCUT2D eigenvalue weighted by Gasteiger charge is 2.31. The van der Waals surface area contributed by atoms with Crippen LogP contribution in [0.4, 0.5) is 13.2 Å². The molecule has 0 aromatic heterocycles. The molecule has 1 aromatic carbocycles. The summed E-state index contributed by atoms with van der Waals surface area (Å²) in [6.45, 7) is 1.36. The van der Waals surface area contributed by atoms with E-state index >= 15 is 0 Å². The molecule has 3 nitrogen and oxygen atoms in total. The summed E-state index contributed by atoms with van der Waals surface area (Å²) in [6, 6.07) is 3.56. The Bertz CT molecular complexity index is 446. The van der Waals surface area contributed by atoms with E-state index in [0.29, 0.717) is 5.56 Å². The van der Waals surface area contributed by atoms with E-state index in [2.05, 4.69) is 20.7 Å². The van der Waals surface area contributed by atoms with E-state index in [-0.39, 0.29) is 11.5 Å². The Labute approximate surface area is 110 Å². The summed E-state index contributed by atoms with van der Waals surface area (Å²) in [7, 11) is 1.30. The van der Waals surface area contributed by atoms with Crippen molar-refractivity contribution in [1.82, 2.24) is 0 Å². The molecule has 0 aliphatic heterocycles. The van der Waals surface area contributed by atoms with E-state index in [1.54, 1.807) is 0 Å². The number of carbonyl (C=O) groups is 1. The molecular weight excluding hydrogens is 317 g/mol. The molecule has 0 saturated carbocycles. The topological polar surface area (TPSA) is 35.5 Å². The minimum Gasteiger partial charge on any atom is -0.496 e. The highest BCUT2D eigenvalue weighted by Crippen LogP contribution is 2.35. The Balaban J connectivity index is 3.07. The molecule has 0 aliphatic rings. The maximum atomic E-state index is 12.0. The van der Waals surface area contributed by atoms with E-state index in [1.165, 1.54) is 20.1 Å². The van der Waals surface area contributed by atoms with Crippen molar-refractivity contribution in [3.05, 3.63) is 23.8 Å². The second-order valence-electron chi connectivity index (χ2n) is 3.42. The number of halogens is 4. The summed E-state index contributed by atoms with van der Waals surface area (Å²) in [4.78, 5) is 10.6. The number of rotatable bonds is 4. The van der Waals surface area contributed by atoms with Crippen molar-refractivity contribution in [2.24, 2.45) is 0 Å². The Morgan fingerprint density at radius 2 is 2.00 bits per heavy atom. The van der Waals surface area contributed by atoms with Gasteiger partial charge in [-0.1, -0.05) is 22.0 Å². The first-order chi connectivity index (χ1) is 8.24. The Morgan fingerprint density at radius 1 is 1.39 bits per heavy atom. The zero-order chi connectivity index (χ0) is 13.9. The monoisotopic (exact) mass is 326 g/mol. The summed E-state index contributed by atoms with van der Waals surface area (Å²) in [6.07, 6.45) is -4.76. The third-order valence-electron chi connectivity index (χ3n) is 2.07. The Kier molecular flexibility index (Phi) is 4.61. The van der Waals surface area contributed by atoms with E-state index in [0.717, 1.165) is 12.1 Å². The lowest BCUT2D eigenvalue weighted by atomic mass is 10.1. The maximum absolute atomic E-state index is 12.0. The predicted molar refractivity (Wildman–Crippen MR) is 62.0 cm³/mol. The van der Waals surface area contributed by atoms with Crippen molar-refractivity contribution < 1.29 is 27.4 Å². The quantitative estimate of drug-likeness (QED) is 0.793. The summed E-state index contributed by atoms with van der Waals surface area (Å²) >= 11 is 3.14. The van der Waals surface area contributed by atoms with E-state index in [4.69, 9.17) is 4.74 Å². The van der Waals surface area contributed by atoms with Crippen LogP contribution in [0.1, 0.15) is 17.3 Å². The molecule has 0 amide bonds. The van der Waals surface area contributed by atoms with Crippen molar-refractivity contribution in [3.8, 4) is 11.5 Å². The molecule has 18 heavy (non-hydrogen) atoms. The number of carbonyl (C=O) groups excluding carboxylic acids is 1. The van der Waals surface area contributed by atoms with Gasteiger partial charge in [-0.05, 0) is 13.0 Å². The number of methoxy groups -OCH3 is 1. The molecule has 0 radical (unpaired) electrons. The van der Waals surface area contributed by atoms with Crippen LogP contribution in [0.3, 0.4) is 0 Å². The molecule has 0 aliphatic carbocycles. The standard InChI is InChI=1S/C11H10BrF3O3/c1-6(16)10(12)8-4-3-7(5-9(8)17-2)18-11(13,14)15/h3-5,10H,1-2H3. The summed E-state index contributed by atoms with van der Waals surface area (Å²) in [5.41, 5.74) is 0.444. The fourth-order valence-corrected chi connectivity index (χ4v) is 1.70. The first-order valence-corrected chi connectivity index (χ1v) is 5.74. The van der Waals surface area contributed by atoms with Crippen molar-refractivity contribution in [2.75, 3.05) is 7.11 Å². The van der Waals surface area contributed by atoms with Crippen LogP contribution in [0, 0.1) is 0 Å². The lowest BCUT2D eigenvalue weighted by molar-refractivity contribution is -0.274. The molecule has 0 fully saturated rings. The molecule has 0 heterocycles. The van der Waals surface area contributed by atoms with Gasteiger partial charge >= 0.3 is 6.36 Å². The van der Waals surface area contributed by atoms with Crippen LogP contribution in [-0.2, 0) is 4.79 Å². The van der Waals surface area contributed by atoms with Gasteiger partial charge in [-0.15, -0.1) is 13.2 Å². The molecule has 0 N–H and O–H groups in total. The second kappa shape index (κ2) is 5.60. The molecule has 1 atom stereocenters. The van der Waals surface area contributed by atoms with Crippen LogP contribution in [0.2, 0.25) is 0 Å². The summed E-state index contributed by atoms with van der Waals surface area (Å²) in [5.74, 6) is -0.432. The molecule has 100 valence electrons. The van der Waals surface area contributed by atoms with Gasteiger partial charge in [0.05, 0.1) is 7.11 Å². The third-order valence-corrected chi connectivity index (χ3v) is 3.21. The fraction of sp³-hybridized carbons (Fsp3) is 0.364. The molecule has 0 spiro atoms. The predicted octanol–water partition coefficient (Wildman–Crippen LogP) is 3.62. The molecule has 1 unspecified atom stereocenters. The van der Waals surface area contributed by atoms with Crippen LogP contribution in [0.5, 0.6) is 11.5 Å². The van der Waals surface area contributed by atoms with Crippen LogP contribution < -0.4 is 9.47 Å². The Hall–Kier alpha value is -1.24. The largest absolute Gasteiger partial charge is 0.573 e. The van der Waals surface area contributed by atoms with Gasteiger partial charge in [-0.25, -0.2) is 0 Å². The van der Waals surface area contributed by atoms with Crippen LogP contribution in [0.25, 0.3) is 0 Å². The summed E-state index contributed by atoms with van der Waals surface area (Å²) < 4.78 is 44.8. The molecule has 0 bridgehead atoms. The normalized spacial score (nSPS) is 13.0. The summed E-state index contributed by atoms with van der Waals surface area (Å²) in [5, 5.41) is 0. The zero-order valence-corrected chi connectivity index (χ0v) is 11.1. The fourth-order valence-electron chi connectivity index (χ4n) is 1.32. The first-order valence-electron chi connectivity index (χ1n) is 4.83. The van der Waals surface area contributed by atoms with Gasteiger partial charge in [0.25, 0.3) is 0 Å². The van der Waals surface area contributed by atoms with E-state index < -0.39 is 16.9 Å². The Morgan fingerprint density at radius 3 is 2.44 bits per heavy atom. The van der Waals surface area contributed by atoms with Crippen LogP contribution in [0.15, 0.2) is 18.2 Å². The maximum Gasteiger partial charge on any atom is 0.573 e. The highest BCUT2D eigenvalue weighted by molar-refractivity contribution is 9.09. The van der Waals surface area contributed by atoms with Crippen LogP contribution in [-0.4, -0.2) is 19.3 Å². The smallest absolute Gasteiger partial charge is 0.496 e. The number of alkyl halides is 4. The van der Waals surface area contributed by atoms with Crippen LogP contribution >= 0.6 is 15.9 Å². The van der Waals surface area contributed by atoms with Gasteiger partial charge in [0, 0.05) is 11.6 Å². The average Bonchev–Trinajstić information content (AvgIpc) is 2.25. The number of ketones is 1. The average molecular weight is 327 g/mol. The molecule has 0 saturated heterocycles. The lowest BCUT2D eigenvalue weighted by Crippen LogP contribution is -2.17. The molecule has 1 rings (SSSR count). The van der Waals surface area contributed by atoms with E-state index in [9.17, 15) is 18.0 Å².